The van der Waals surface area contributed by atoms with Crippen molar-refractivity contribution in [3.8, 4) is 0 Å². The summed E-state index contributed by atoms with van der Waals surface area (Å²) in [5.74, 6) is 0. The van der Waals surface area contributed by atoms with E-state index < -0.39 is 0 Å². The first-order valence-corrected chi connectivity index (χ1v) is 17.6. The number of rotatable bonds is 4. The van der Waals surface area contributed by atoms with E-state index in [4.69, 9.17) is 9.69 Å². The number of aromatic nitrogens is 2. The van der Waals surface area contributed by atoms with E-state index in [1.54, 1.807) is 24.8 Å². The Labute approximate surface area is 241 Å². The van der Waals surface area contributed by atoms with Gasteiger partial charge in [-0.1, -0.05) is 30.8 Å². The van der Waals surface area contributed by atoms with Crippen LogP contribution in [0.15, 0.2) is 88.3 Å². The van der Waals surface area contributed by atoms with Gasteiger partial charge in [-0.2, -0.15) is 0 Å². The Balaban J connectivity index is 0.000000231. The third-order valence-corrected chi connectivity index (χ3v) is 8.20. The van der Waals surface area contributed by atoms with Gasteiger partial charge in [0, 0.05) is 46.8 Å². The Bertz CT molecular complexity index is 850. The van der Waals surface area contributed by atoms with Crippen LogP contribution in [0.1, 0.15) is 18.9 Å². The zero-order valence-corrected chi connectivity index (χ0v) is 26.7. The van der Waals surface area contributed by atoms with E-state index >= 15 is 0 Å². The van der Waals surface area contributed by atoms with Crippen molar-refractivity contribution < 1.29 is 15.7 Å². The van der Waals surface area contributed by atoms with Crippen molar-refractivity contribution in [2.75, 3.05) is 25.6 Å². The van der Waals surface area contributed by atoms with E-state index in [0.717, 1.165) is 8.95 Å². The van der Waals surface area contributed by atoms with E-state index in [9.17, 15) is 0 Å². The van der Waals surface area contributed by atoms with Gasteiger partial charge in [0.1, 0.15) is 0 Å². The van der Waals surface area contributed by atoms with Crippen LogP contribution >= 0.6 is 65.4 Å². The number of halogens is 3. The van der Waals surface area contributed by atoms with Crippen LogP contribution in [0.25, 0.3) is 0 Å². The maximum atomic E-state index is 5.57. The third-order valence-electron chi connectivity index (χ3n) is 4.25. The zero-order valence-electron chi connectivity index (χ0n) is 19.4. The van der Waals surface area contributed by atoms with Crippen LogP contribution in [0.4, 0.5) is 0 Å². The number of hydrogen-bond donors (Lipinski definition) is 0. The summed E-state index contributed by atoms with van der Waals surface area (Å²) in [5.41, 5.74) is 1.23. The molecule has 0 amide bonds. The molecular formula is C24H30Br2ClN4RuS2. The van der Waals surface area contributed by atoms with E-state index in [0.29, 0.717) is 6.17 Å². The van der Waals surface area contributed by atoms with Gasteiger partial charge in [-0.25, -0.2) is 8.61 Å². The average Bonchev–Trinajstić information content (AvgIpc) is 3.29. The molecule has 1 saturated heterocycles. The van der Waals surface area contributed by atoms with E-state index in [1.807, 2.05) is 66.4 Å². The second-order valence-electron chi connectivity index (χ2n) is 6.47. The average molecular weight is 735 g/mol. The first-order chi connectivity index (χ1) is 16.5. The number of hydrogen-bond acceptors (Lipinski definition) is 6. The normalized spacial score (nSPS) is 14.1. The summed E-state index contributed by atoms with van der Waals surface area (Å²) >= 11 is 10.1. The Kier molecular flexibility index (Phi) is 19.7. The van der Waals surface area contributed by atoms with E-state index in [2.05, 4.69) is 86.6 Å². The van der Waals surface area contributed by atoms with E-state index in [-0.39, 0.29) is 15.7 Å². The van der Waals surface area contributed by atoms with Crippen LogP contribution in [0.5, 0.6) is 0 Å². The molecule has 0 saturated carbocycles. The van der Waals surface area contributed by atoms with Gasteiger partial charge < -0.3 is 0 Å². The third kappa shape index (κ3) is 14.4. The molecule has 0 spiro atoms. The monoisotopic (exact) mass is 733 g/mol. The summed E-state index contributed by atoms with van der Waals surface area (Å²) in [6, 6.07) is 17.8. The summed E-state index contributed by atoms with van der Waals surface area (Å²) < 4.78 is 9.02. The number of benzene rings is 1. The molecule has 34 heavy (non-hydrogen) atoms. The summed E-state index contributed by atoms with van der Waals surface area (Å²) in [6.45, 7) is 4.67. The maximum absolute atomic E-state index is 5.57. The molecule has 0 unspecified atom stereocenters. The first-order valence-electron chi connectivity index (χ1n) is 10.4. The SMILES string of the molecule is Brc1cccnc1.Brc1cccnc1.CCC1N(SC)CCN1SC.[Cl][Ru]=[CH]c1ccccc1. The Hall–Kier alpha value is -0.117. The van der Waals surface area contributed by atoms with Gasteiger partial charge >= 0.3 is 65.9 Å². The van der Waals surface area contributed by atoms with Crippen molar-refractivity contribution in [2.45, 2.75) is 19.5 Å². The first kappa shape index (κ1) is 31.9. The molecule has 0 bridgehead atoms. The molecule has 2 aromatic heterocycles. The summed E-state index contributed by atoms with van der Waals surface area (Å²) in [7, 11) is 5.57. The Morgan fingerprint density at radius 2 is 1.41 bits per heavy atom. The van der Waals surface area contributed by atoms with Gasteiger partial charge in [0.15, 0.2) is 0 Å². The molecule has 187 valence electrons. The van der Waals surface area contributed by atoms with Crippen molar-refractivity contribution in [3.63, 3.8) is 0 Å². The summed E-state index contributed by atoms with van der Waals surface area (Å²) in [6.07, 6.45) is 13.2. The van der Waals surface area contributed by atoms with Crippen LogP contribution in [0, 0.1) is 0 Å². The fourth-order valence-corrected chi connectivity index (χ4v) is 5.94. The zero-order chi connectivity index (χ0) is 25.0. The van der Waals surface area contributed by atoms with Crippen LogP contribution in [-0.4, -0.2) is 55.0 Å². The van der Waals surface area contributed by atoms with Gasteiger partial charge in [0.2, 0.25) is 0 Å². The van der Waals surface area contributed by atoms with Gasteiger partial charge in [0.05, 0.1) is 6.17 Å². The molecule has 10 heteroatoms. The van der Waals surface area contributed by atoms with Crippen LogP contribution in [0.2, 0.25) is 0 Å². The minimum absolute atomic E-state index is 0.0765. The Morgan fingerprint density at radius 1 is 0.912 bits per heavy atom. The molecule has 0 N–H and O–H groups in total. The number of pyridine rings is 2. The molecule has 1 aliphatic rings. The van der Waals surface area contributed by atoms with Gasteiger partial charge in [0.25, 0.3) is 0 Å². The predicted molar refractivity (Wildman–Crippen MR) is 156 cm³/mol. The molecular weight excluding hydrogens is 705 g/mol. The molecule has 0 radical (unpaired) electrons. The van der Waals surface area contributed by atoms with Gasteiger partial charge in [-0.05, 0) is 75.1 Å². The van der Waals surface area contributed by atoms with Crippen LogP contribution < -0.4 is 0 Å². The minimum atomic E-state index is -0.0765. The second-order valence-corrected chi connectivity index (χ2v) is 11.8. The number of nitrogens with zero attached hydrogens (tertiary/aromatic N) is 4. The molecule has 1 aliphatic heterocycles. The molecule has 0 aliphatic carbocycles. The molecule has 3 aromatic rings. The topological polar surface area (TPSA) is 32.3 Å². The standard InChI is InChI=1S/C7H16N2S2.C7H6.2C5H4BrN.ClH.Ru/c1-4-7-8(10-2)5-6-9(7)11-3;1-7-5-3-2-4-6-7;2*6-5-2-1-3-7-4-5;;/h7H,4-6H2,1-3H3;1-6H;2*1-4H;1H;/q;;;;;+1/p-1. The molecule has 4 rings (SSSR count). The molecule has 0 atom stereocenters. The predicted octanol–water partition coefficient (Wildman–Crippen LogP) is 7.66. The second kappa shape index (κ2) is 21.0. The van der Waals surface area contributed by atoms with Gasteiger partial charge in [-0.3, -0.25) is 9.97 Å². The van der Waals surface area contributed by atoms with Crippen LogP contribution in [0.3, 0.4) is 0 Å². The van der Waals surface area contributed by atoms with Gasteiger partial charge in [-0.15, -0.1) is 0 Å². The Morgan fingerprint density at radius 3 is 1.71 bits per heavy atom. The summed E-state index contributed by atoms with van der Waals surface area (Å²) in [4.78, 5) is 7.67. The van der Waals surface area contributed by atoms with Crippen molar-refractivity contribution >= 4 is 70.1 Å². The molecule has 4 nitrogen and oxygen atoms in total. The van der Waals surface area contributed by atoms with Crippen molar-refractivity contribution in [2.24, 2.45) is 0 Å². The van der Waals surface area contributed by atoms with Crippen molar-refractivity contribution in [1.82, 2.24) is 18.6 Å². The van der Waals surface area contributed by atoms with E-state index in [1.165, 1.54) is 25.1 Å². The van der Waals surface area contributed by atoms with Crippen molar-refractivity contribution in [3.05, 3.63) is 93.9 Å². The quantitative estimate of drug-likeness (QED) is 0.202. The fraction of sp³-hybridized carbons (Fsp3) is 0.292. The van der Waals surface area contributed by atoms with Crippen LogP contribution in [-0.2, 0) is 15.7 Å². The van der Waals surface area contributed by atoms with Crippen molar-refractivity contribution in [1.29, 1.82) is 0 Å². The fourth-order valence-electron chi connectivity index (χ4n) is 2.72. The molecule has 1 fully saturated rings. The molecule has 3 heterocycles. The molecule has 1 aromatic carbocycles. The summed E-state index contributed by atoms with van der Waals surface area (Å²) in [5, 5.41) is 0.